The van der Waals surface area contributed by atoms with Crippen LogP contribution in [0.4, 0.5) is 0 Å². The maximum atomic E-state index is 12.3. The van der Waals surface area contributed by atoms with Crippen LogP contribution in [0, 0.1) is 0 Å². The highest BCUT2D eigenvalue weighted by Crippen LogP contribution is 2.31. The zero-order valence-corrected chi connectivity index (χ0v) is 15.6. The highest BCUT2D eigenvalue weighted by atomic mass is 32.2. The summed E-state index contributed by atoms with van der Waals surface area (Å²) in [5, 5.41) is 4.34. The van der Waals surface area contributed by atoms with Crippen LogP contribution < -0.4 is 5.32 Å². The fraction of sp³-hybridized carbons (Fsp3) is 0.316. The minimum absolute atomic E-state index is 0.0201. The van der Waals surface area contributed by atoms with E-state index >= 15 is 0 Å². The summed E-state index contributed by atoms with van der Waals surface area (Å²) in [6.07, 6.45) is 2.38. The van der Waals surface area contributed by atoms with E-state index in [0.717, 1.165) is 22.3 Å². The normalized spacial score (nSPS) is 12.2. The molecule has 6 nitrogen and oxygen atoms in total. The molecule has 2 heterocycles. The van der Waals surface area contributed by atoms with Gasteiger partial charge in [-0.25, -0.2) is 9.97 Å². The first kappa shape index (κ1) is 18.4. The number of methoxy groups -OCH3 is 1. The van der Waals surface area contributed by atoms with Crippen LogP contribution in [0.15, 0.2) is 52.1 Å². The van der Waals surface area contributed by atoms with E-state index in [1.165, 1.54) is 11.8 Å². The predicted octanol–water partition coefficient (Wildman–Crippen LogP) is 3.52. The van der Waals surface area contributed by atoms with Crippen molar-refractivity contribution in [3.63, 3.8) is 0 Å². The van der Waals surface area contributed by atoms with E-state index in [2.05, 4.69) is 15.3 Å². The van der Waals surface area contributed by atoms with Crippen LogP contribution in [-0.2, 0) is 9.53 Å². The van der Waals surface area contributed by atoms with E-state index in [0.29, 0.717) is 24.7 Å². The van der Waals surface area contributed by atoms with Gasteiger partial charge in [-0.15, -0.1) is 0 Å². The lowest BCUT2D eigenvalue weighted by molar-refractivity contribution is -0.120. The van der Waals surface area contributed by atoms with E-state index in [1.807, 2.05) is 37.3 Å². The number of carbonyl (C=O) groups is 1. The van der Waals surface area contributed by atoms with Gasteiger partial charge in [0.05, 0.1) is 17.0 Å². The van der Waals surface area contributed by atoms with Crippen LogP contribution in [0.1, 0.15) is 13.3 Å². The van der Waals surface area contributed by atoms with Crippen LogP contribution in [0.25, 0.3) is 22.5 Å². The molecule has 2 aromatic heterocycles. The Morgan fingerprint density at radius 3 is 2.88 bits per heavy atom. The maximum absolute atomic E-state index is 12.3. The molecule has 0 aliphatic heterocycles. The van der Waals surface area contributed by atoms with Crippen LogP contribution >= 0.6 is 11.8 Å². The molecule has 1 amide bonds. The molecule has 3 aromatic rings. The van der Waals surface area contributed by atoms with Crippen molar-refractivity contribution < 1.29 is 13.9 Å². The van der Waals surface area contributed by atoms with E-state index in [9.17, 15) is 4.79 Å². The summed E-state index contributed by atoms with van der Waals surface area (Å²) in [6, 6.07) is 11.4. The monoisotopic (exact) mass is 371 g/mol. The summed E-state index contributed by atoms with van der Waals surface area (Å²) in [5.41, 5.74) is 0.823. The third kappa shape index (κ3) is 4.42. The van der Waals surface area contributed by atoms with E-state index in [-0.39, 0.29) is 11.2 Å². The lowest BCUT2D eigenvalue weighted by atomic mass is 10.2. The zero-order chi connectivity index (χ0) is 18.4. The number of hydrogen-bond donors (Lipinski definition) is 1. The van der Waals surface area contributed by atoms with Crippen LogP contribution in [0.2, 0.25) is 0 Å². The topological polar surface area (TPSA) is 77.2 Å². The van der Waals surface area contributed by atoms with Gasteiger partial charge in [-0.1, -0.05) is 30.0 Å². The number of para-hydroxylation sites is 1. The number of carbonyl (C=O) groups excluding carboxylic acids is 1. The number of amides is 1. The number of nitrogens with one attached hydrogen (secondary N) is 1. The Balaban J connectivity index is 1.81. The average Bonchev–Trinajstić information content (AvgIpc) is 3.19. The second-order valence-electron chi connectivity index (χ2n) is 5.74. The van der Waals surface area contributed by atoms with Gasteiger partial charge in [-0.3, -0.25) is 4.79 Å². The van der Waals surface area contributed by atoms with E-state index in [4.69, 9.17) is 9.15 Å². The predicted molar refractivity (Wildman–Crippen MR) is 102 cm³/mol. The molecule has 1 atom stereocenters. The number of furan rings is 1. The molecule has 136 valence electrons. The van der Waals surface area contributed by atoms with Crippen LogP contribution in [0.5, 0.6) is 0 Å². The third-order valence-corrected chi connectivity index (χ3v) is 4.89. The summed E-state index contributed by atoms with van der Waals surface area (Å²) in [5.74, 6) is 1.10. The summed E-state index contributed by atoms with van der Waals surface area (Å²) < 4.78 is 10.4. The zero-order valence-electron chi connectivity index (χ0n) is 14.8. The number of hydrogen-bond acceptors (Lipinski definition) is 6. The Bertz CT molecular complexity index is 868. The summed E-state index contributed by atoms with van der Waals surface area (Å²) in [6.45, 7) is 3.10. The molecule has 7 heteroatoms. The second kappa shape index (κ2) is 8.82. The molecule has 1 unspecified atom stereocenters. The fourth-order valence-electron chi connectivity index (χ4n) is 2.45. The molecule has 0 radical (unpaired) electrons. The van der Waals surface area contributed by atoms with Gasteiger partial charge in [0.25, 0.3) is 0 Å². The molecular formula is C19H21N3O3S. The highest BCUT2D eigenvalue weighted by molar-refractivity contribution is 8.00. The van der Waals surface area contributed by atoms with E-state index < -0.39 is 0 Å². The molecule has 0 aliphatic rings. The first-order chi connectivity index (χ1) is 12.7. The standard InChI is InChI=1S/C19H21N3O3S/c1-13(18(23)20-10-6-11-24-2)26-19-14-7-3-4-8-15(14)21-17(22-19)16-9-5-12-25-16/h3-5,7-9,12-13H,6,10-11H2,1-2H3,(H,20,23). The number of aromatic nitrogens is 2. The Kier molecular flexibility index (Phi) is 6.25. The number of rotatable bonds is 8. The van der Waals surface area contributed by atoms with Crippen LogP contribution in [0.3, 0.4) is 0 Å². The summed E-state index contributed by atoms with van der Waals surface area (Å²) >= 11 is 1.42. The van der Waals surface area contributed by atoms with Crippen molar-refractivity contribution in [3.05, 3.63) is 42.7 Å². The number of thioether (sulfide) groups is 1. The SMILES string of the molecule is COCCCNC(=O)C(C)Sc1nc(-c2ccco2)nc2ccccc12. The Hall–Kier alpha value is -2.38. The van der Waals surface area contributed by atoms with Gasteiger partial charge in [-0.2, -0.15) is 0 Å². The Morgan fingerprint density at radius 2 is 2.12 bits per heavy atom. The van der Waals surface area contributed by atoms with Gasteiger partial charge in [0.2, 0.25) is 5.91 Å². The third-order valence-electron chi connectivity index (χ3n) is 3.79. The van der Waals surface area contributed by atoms with Gasteiger partial charge in [0.15, 0.2) is 11.6 Å². The molecule has 3 rings (SSSR count). The van der Waals surface area contributed by atoms with Gasteiger partial charge >= 0.3 is 0 Å². The first-order valence-corrected chi connectivity index (χ1v) is 9.31. The maximum Gasteiger partial charge on any atom is 0.233 e. The fourth-order valence-corrected chi connectivity index (χ4v) is 3.41. The molecule has 0 bridgehead atoms. The number of benzene rings is 1. The molecule has 1 N–H and O–H groups in total. The van der Waals surface area contributed by atoms with Crippen molar-refractivity contribution in [2.24, 2.45) is 0 Å². The quantitative estimate of drug-likeness (QED) is 0.371. The highest BCUT2D eigenvalue weighted by Gasteiger charge is 2.18. The van der Waals surface area contributed by atoms with Crippen molar-refractivity contribution in [2.75, 3.05) is 20.3 Å². The smallest absolute Gasteiger partial charge is 0.233 e. The first-order valence-electron chi connectivity index (χ1n) is 8.43. The molecule has 0 aliphatic carbocycles. The van der Waals surface area contributed by atoms with Crippen molar-refractivity contribution in [2.45, 2.75) is 23.6 Å². The van der Waals surface area contributed by atoms with Crippen molar-refractivity contribution >= 4 is 28.6 Å². The number of ether oxygens (including phenoxy) is 1. The van der Waals surface area contributed by atoms with Gasteiger partial charge < -0.3 is 14.5 Å². The van der Waals surface area contributed by atoms with Gasteiger partial charge in [0.1, 0.15) is 5.03 Å². The van der Waals surface area contributed by atoms with Crippen molar-refractivity contribution in [1.29, 1.82) is 0 Å². The molecule has 0 spiro atoms. The second-order valence-corrected chi connectivity index (χ2v) is 7.07. The van der Waals surface area contributed by atoms with Crippen molar-refractivity contribution in [1.82, 2.24) is 15.3 Å². The molecule has 0 fully saturated rings. The Morgan fingerprint density at radius 1 is 1.27 bits per heavy atom. The molecule has 0 saturated heterocycles. The number of fused-ring (bicyclic) bond motifs is 1. The Labute approximate surface area is 156 Å². The van der Waals surface area contributed by atoms with Gasteiger partial charge in [0, 0.05) is 25.6 Å². The average molecular weight is 371 g/mol. The van der Waals surface area contributed by atoms with Crippen molar-refractivity contribution in [3.8, 4) is 11.6 Å². The molecule has 0 saturated carbocycles. The molecule has 26 heavy (non-hydrogen) atoms. The minimum Gasteiger partial charge on any atom is -0.461 e. The largest absolute Gasteiger partial charge is 0.461 e. The van der Waals surface area contributed by atoms with Gasteiger partial charge in [-0.05, 0) is 31.5 Å². The lowest BCUT2D eigenvalue weighted by Gasteiger charge is -2.13. The van der Waals surface area contributed by atoms with E-state index in [1.54, 1.807) is 19.4 Å². The summed E-state index contributed by atoms with van der Waals surface area (Å²) in [7, 11) is 1.65. The minimum atomic E-state index is -0.277. The molecule has 1 aromatic carbocycles. The van der Waals surface area contributed by atoms with Crippen LogP contribution in [-0.4, -0.2) is 41.4 Å². The number of nitrogens with zero attached hydrogens (tertiary/aromatic N) is 2. The molecular weight excluding hydrogens is 350 g/mol. The summed E-state index contributed by atoms with van der Waals surface area (Å²) in [4.78, 5) is 21.5. The lowest BCUT2D eigenvalue weighted by Crippen LogP contribution is -2.32.